The number of morpholine rings is 1. The fourth-order valence-electron chi connectivity index (χ4n) is 3.82. The predicted molar refractivity (Wildman–Crippen MR) is 120 cm³/mol. The number of amides is 3. The summed E-state index contributed by atoms with van der Waals surface area (Å²) >= 11 is 0. The maximum atomic E-state index is 12.5. The van der Waals surface area contributed by atoms with Crippen LogP contribution in [0.1, 0.15) is 39.2 Å². The first-order valence-corrected chi connectivity index (χ1v) is 11.4. The normalized spacial score (nSPS) is 17.3. The summed E-state index contributed by atoms with van der Waals surface area (Å²) in [5, 5.41) is 0. The summed E-state index contributed by atoms with van der Waals surface area (Å²) in [7, 11) is 0. The van der Waals surface area contributed by atoms with Crippen LogP contribution >= 0.6 is 0 Å². The van der Waals surface area contributed by atoms with Crippen LogP contribution in [0.3, 0.4) is 0 Å². The maximum Gasteiger partial charge on any atom is 0.312 e. The Morgan fingerprint density at radius 2 is 1.38 bits per heavy atom. The highest BCUT2D eigenvalue weighted by Crippen LogP contribution is 2.24. The Kier molecular flexibility index (Phi) is 8.12. The molecule has 0 saturated carbocycles. The van der Waals surface area contributed by atoms with Gasteiger partial charge in [-0.25, -0.2) is 0 Å². The van der Waals surface area contributed by atoms with E-state index in [-0.39, 0.29) is 11.3 Å². The SMILES string of the molecule is CC(C)(C)c1ccc(OCCCC(=O)N2CCN(C(=O)C(=O)N3CCOCC3)CC2)cc1. The number of piperazine rings is 1. The lowest BCUT2D eigenvalue weighted by Gasteiger charge is -2.36. The van der Waals surface area contributed by atoms with Crippen LogP contribution in [0.5, 0.6) is 5.75 Å². The van der Waals surface area contributed by atoms with Gasteiger partial charge in [0.05, 0.1) is 19.8 Å². The molecule has 0 N–H and O–H groups in total. The Labute approximate surface area is 190 Å². The highest BCUT2D eigenvalue weighted by Gasteiger charge is 2.31. The summed E-state index contributed by atoms with van der Waals surface area (Å²) in [6.45, 7) is 10.5. The van der Waals surface area contributed by atoms with Crippen molar-refractivity contribution < 1.29 is 23.9 Å². The van der Waals surface area contributed by atoms with Gasteiger partial charge in [-0.15, -0.1) is 0 Å². The number of nitrogens with zero attached hydrogens (tertiary/aromatic N) is 3. The zero-order valence-electron chi connectivity index (χ0n) is 19.5. The molecule has 2 saturated heterocycles. The fraction of sp³-hybridized carbons (Fsp3) is 0.625. The largest absolute Gasteiger partial charge is 0.494 e. The average molecular weight is 446 g/mol. The standard InChI is InChI=1S/C24H35N3O5/c1-24(2,3)19-6-8-20(9-7-19)32-16-4-5-21(28)25-10-12-26(13-11-25)22(29)23(30)27-14-17-31-18-15-27/h6-9H,4-5,10-18H2,1-3H3. The minimum Gasteiger partial charge on any atom is -0.494 e. The van der Waals surface area contributed by atoms with E-state index in [1.165, 1.54) is 5.56 Å². The fourth-order valence-corrected chi connectivity index (χ4v) is 3.82. The lowest BCUT2D eigenvalue weighted by Crippen LogP contribution is -2.55. The van der Waals surface area contributed by atoms with Gasteiger partial charge in [0.1, 0.15) is 5.75 Å². The number of hydrogen-bond donors (Lipinski definition) is 0. The van der Waals surface area contributed by atoms with Crippen LogP contribution in [-0.2, 0) is 24.5 Å². The van der Waals surface area contributed by atoms with Gasteiger partial charge in [0.25, 0.3) is 0 Å². The van der Waals surface area contributed by atoms with Crippen LogP contribution in [-0.4, -0.2) is 91.5 Å². The molecule has 0 aliphatic carbocycles. The molecule has 3 rings (SSSR count). The second-order valence-electron chi connectivity index (χ2n) is 9.30. The van der Waals surface area contributed by atoms with Crippen molar-refractivity contribution in [1.82, 2.24) is 14.7 Å². The van der Waals surface area contributed by atoms with Gasteiger partial charge < -0.3 is 24.2 Å². The van der Waals surface area contributed by atoms with Crippen molar-refractivity contribution in [3.8, 4) is 5.75 Å². The van der Waals surface area contributed by atoms with Crippen LogP contribution in [0.2, 0.25) is 0 Å². The number of ether oxygens (including phenoxy) is 2. The van der Waals surface area contributed by atoms with Crippen LogP contribution in [0.4, 0.5) is 0 Å². The molecule has 1 aromatic carbocycles. The first kappa shape index (κ1) is 24.0. The summed E-state index contributed by atoms with van der Waals surface area (Å²) in [5.41, 5.74) is 1.36. The molecule has 8 nitrogen and oxygen atoms in total. The van der Waals surface area contributed by atoms with Crippen LogP contribution in [0.25, 0.3) is 0 Å². The number of benzene rings is 1. The third kappa shape index (κ3) is 6.45. The molecule has 0 atom stereocenters. The van der Waals surface area contributed by atoms with Crippen molar-refractivity contribution >= 4 is 17.7 Å². The monoisotopic (exact) mass is 445 g/mol. The molecule has 0 unspecified atom stereocenters. The first-order valence-electron chi connectivity index (χ1n) is 11.4. The van der Waals surface area contributed by atoms with Gasteiger partial charge in [-0.3, -0.25) is 14.4 Å². The van der Waals surface area contributed by atoms with E-state index in [2.05, 4.69) is 32.9 Å². The van der Waals surface area contributed by atoms with E-state index in [1.807, 2.05) is 12.1 Å². The van der Waals surface area contributed by atoms with Crippen LogP contribution in [0, 0.1) is 0 Å². The molecule has 0 bridgehead atoms. The second kappa shape index (κ2) is 10.8. The van der Waals surface area contributed by atoms with Gasteiger partial charge in [0.15, 0.2) is 0 Å². The van der Waals surface area contributed by atoms with E-state index in [4.69, 9.17) is 9.47 Å². The molecule has 2 fully saturated rings. The van der Waals surface area contributed by atoms with Crippen molar-refractivity contribution in [2.45, 2.75) is 39.0 Å². The van der Waals surface area contributed by atoms with Gasteiger partial charge >= 0.3 is 11.8 Å². The van der Waals surface area contributed by atoms with E-state index in [1.54, 1.807) is 14.7 Å². The average Bonchev–Trinajstić information content (AvgIpc) is 2.81. The number of rotatable bonds is 5. The molecule has 8 heteroatoms. The predicted octanol–water partition coefficient (Wildman–Crippen LogP) is 1.67. The van der Waals surface area contributed by atoms with E-state index in [0.717, 1.165) is 5.75 Å². The highest BCUT2D eigenvalue weighted by atomic mass is 16.5. The van der Waals surface area contributed by atoms with Crippen molar-refractivity contribution in [2.24, 2.45) is 0 Å². The summed E-state index contributed by atoms with van der Waals surface area (Å²) < 4.78 is 11.0. The molecule has 0 aromatic heterocycles. The lowest BCUT2D eigenvalue weighted by molar-refractivity contribution is -0.155. The van der Waals surface area contributed by atoms with Crippen LogP contribution < -0.4 is 4.74 Å². The van der Waals surface area contributed by atoms with Gasteiger partial charge in [0.2, 0.25) is 5.91 Å². The molecular weight excluding hydrogens is 410 g/mol. The molecule has 2 aliphatic heterocycles. The highest BCUT2D eigenvalue weighted by molar-refractivity contribution is 6.34. The van der Waals surface area contributed by atoms with Crippen molar-refractivity contribution in [3.05, 3.63) is 29.8 Å². The van der Waals surface area contributed by atoms with E-state index in [0.29, 0.717) is 71.9 Å². The Bertz CT molecular complexity index is 789. The minimum absolute atomic E-state index is 0.0586. The molecule has 32 heavy (non-hydrogen) atoms. The molecule has 176 valence electrons. The number of carbonyl (C=O) groups is 3. The molecular formula is C24H35N3O5. The quantitative estimate of drug-likeness (QED) is 0.509. The van der Waals surface area contributed by atoms with Gasteiger partial charge in [-0.05, 0) is 29.5 Å². The Morgan fingerprint density at radius 1 is 0.844 bits per heavy atom. The lowest BCUT2D eigenvalue weighted by atomic mass is 9.87. The zero-order chi connectivity index (χ0) is 23.1. The van der Waals surface area contributed by atoms with Crippen LogP contribution in [0.15, 0.2) is 24.3 Å². The molecule has 1 aromatic rings. The molecule has 3 amide bonds. The van der Waals surface area contributed by atoms with E-state index >= 15 is 0 Å². The maximum absolute atomic E-state index is 12.5. The summed E-state index contributed by atoms with van der Waals surface area (Å²) in [6.07, 6.45) is 1.04. The van der Waals surface area contributed by atoms with Gasteiger partial charge in [-0.1, -0.05) is 32.9 Å². The summed E-state index contributed by atoms with van der Waals surface area (Å²) in [5.74, 6) is -0.0866. The summed E-state index contributed by atoms with van der Waals surface area (Å²) in [4.78, 5) is 42.2. The smallest absolute Gasteiger partial charge is 0.312 e. The third-order valence-corrected chi connectivity index (χ3v) is 5.92. The second-order valence-corrected chi connectivity index (χ2v) is 9.30. The molecule has 0 radical (unpaired) electrons. The topological polar surface area (TPSA) is 79.4 Å². The third-order valence-electron chi connectivity index (χ3n) is 5.92. The Hall–Kier alpha value is -2.61. The summed E-state index contributed by atoms with van der Waals surface area (Å²) in [6, 6.07) is 8.09. The Morgan fingerprint density at radius 3 is 1.94 bits per heavy atom. The van der Waals surface area contributed by atoms with Crippen molar-refractivity contribution in [1.29, 1.82) is 0 Å². The van der Waals surface area contributed by atoms with Crippen molar-refractivity contribution in [2.75, 3.05) is 59.1 Å². The Balaban J connectivity index is 1.34. The van der Waals surface area contributed by atoms with Gasteiger partial charge in [0, 0.05) is 45.7 Å². The van der Waals surface area contributed by atoms with E-state index in [9.17, 15) is 14.4 Å². The number of hydrogen-bond acceptors (Lipinski definition) is 5. The number of carbonyl (C=O) groups excluding carboxylic acids is 3. The molecule has 2 heterocycles. The van der Waals surface area contributed by atoms with Gasteiger partial charge in [-0.2, -0.15) is 0 Å². The minimum atomic E-state index is -0.482. The van der Waals surface area contributed by atoms with Crippen molar-refractivity contribution in [3.63, 3.8) is 0 Å². The molecule has 2 aliphatic rings. The first-order chi connectivity index (χ1) is 15.3. The van der Waals surface area contributed by atoms with E-state index < -0.39 is 11.8 Å². The molecule has 0 spiro atoms. The zero-order valence-corrected chi connectivity index (χ0v) is 19.5.